The van der Waals surface area contributed by atoms with Crippen LogP contribution in [0.1, 0.15) is 43.1 Å². The molecule has 2 atom stereocenters. The van der Waals surface area contributed by atoms with E-state index in [-0.39, 0.29) is 29.0 Å². The highest BCUT2D eigenvalue weighted by Gasteiger charge is 2.30. The number of carbonyl (C=O) groups is 2. The van der Waals surface area contributed by atoms with E-state index in [1.807, 2.05) is 0 Å². The van der Waals surface area contributed by atoms with Gasteiger partial charge in [0.25, 0.3) is 17.5 Å². The number of halogens is 1. The van der Waals surface area contributed by atoms with Gasteiger partial charge in [0.15, 0.2) is 6.10 Å². The first-order valence-corrected chi connectivity index (χ1v) is 10.0. The van der Waals surface area contributed by atoms with Crippen LogP contribution in [0.3, 0.4) is 0 Å². The van der Waals surface area contributed by atoms with Gasteiger partial charge in [-0.15, -0.1) is 10.2 Å². The number of hydrogen-bond acceptors (Lipinski definition) is 8. The Kier molecular flexibility index (Phi) is 7.11. The first-order valence-electron chi connectivity index (χ1n) is 10.0. The van der Waals surface area contributed by atoms with E-state index in [9.17, 15) is 24.1 Å². The molecule has 0 spiro atoms. The molecule has 3 rings (SSSR count). The van der Waals surface area contributed by atoms with Gasteiger partial charge in [0.1, 0.15) is 11.9 Å². The maximum Gasteiger partial charge on any atom is 0.329 e. The van der Waals surface area contributed by atoms with Crippen molar-refractivity contribution in [3.05, 3.63) is 75.9 Å². The summed E-state index contributed by atoms with van der Waals surface area (Å²) >= 11 is 0. The van der Waals surface area contributed by atoms with E-state index >= 15 is 0 Å². The van der Waals surface area contributed by atoms with Crippen molar-refractivity contribution in [3.63, 3.8) is 0 Å². The molecule has 2 aromatic carbocycles. The Labute approximate surface area is 187 Å². The van der Waals surface area contributed by atoms with Crippen LogP contribution in [0.25, 0.3) is 11.5 Å². The van der Waals surface area contributed by atoms with Gasteiger partial charge in [-0.1, -0.05) is 26.0 Å². The third-order valence-corrected chi connectivity index (χ3v) is 4.73. The van der Waals surface area contributed by atoms with Gasteiger partial charge in [-0.05, 0) is 37.1 Å². The van der Waals surface area contributed by atoms with Crippen LogP contribution in [0.15, 0.2) is 52.9 Å². The highest BCUT2D eigenvalue weighted by atomic mass is 19.1. The Bertz CT molecular complexity index is 1160. The molecule has 0 aliphatic carbocycles. The fourth-order valence-corrected chi connectivity index (χ4v) is 2.90. The maximum atomic E-state index is 13.9. The number of esters is 1. The molecule has 33 heavy (non-hydrogen) atoms. The van der Waals surface area contributed by atoms with Crippen LogP contribution in [0.5, 0.6) is 0 Å². The number of benzene rings is 2. The van der Waals surface area contributed by atoms with Crippen LogP contribution in [0.2, 0.25) is 0 Å². The normalized spacial score (nSPS) is 12.8. The highest BCUT2D eigenvalue weighted by Crippen LogP contribution is 2.25. The molecule has 0 aliphatic heterocycles. The zero-order chi connectivity index (χ0) is 24.1. The van der Waals surface area contributed by atoms with Crippen LogP contribution in [0, 0.1) is 21.8 Å². The first kappa shape index (κ1) is 23.5. The smallest absolute Gasteiger partial charge is 0.329 e. The van der Waals surface area contributed by atoms with Crippen molar-refractivity contribution in [3.8, 4) is 11.5 Å². The van der Waals surface area contributed by atoms with Crippen molar-refractivity contribution >= 4 is 17.6 Å². The standard InChI is InChI=1S/C22H21FN4O6/c1-12(2)18(24-19(28)16-6-4-5-7-17(16)23)22(29)32-13(3)20-25-26-21(33-20)14-8-10-15(11-9-14)27(30)31/h4-13,18H,1-3H3,(H,24,28)/t13?,18-/m1/s1. The number of aromatic nitrogens is 2. The molecular weight excluding hydrogens is 435 g/mol. The monoisotopic (exact) mass is 456 g/mol. The minimum Gasteiger partial charge on any atom is -0.451 e. The molecule has 11 heteroatoms. The lowest BCUT2D eigenvalue weighted by molar-refractivity contribution is -0.384. The summed E-state index contributed by atoms with van der Waals surface area (Å²) < 4.78 is 24.8. The molecule has 0 saturated carbocycles. The fraction of sp³-hybridized carbons (Fsp3) is 0.273. The number of ether oxygens (including phenoxy) is 1. The van der Waals surface area contributed by atoms with Gasteiger partial charge in [0, 0.05) is 17.7 Å². The van der Waals surface area contributed by atoms with Gasteiger partial charge in [-0.25, -0.2) is 9.18 Å². The molecule has 3 aromatic rings. The SMILES string of the molecule is CC(OC(=O)[C@H](NC(=O)c1ccccc1F)C(C)C)c1nnc(-c2ccc([N+](=O)[O-])cc2)o1. The molecule has 0 bridgehead atoms. The lowest BCUT2D eigenvalue weighted by Gasteiger charge is -2.22. The van der Waals surface area contributed by atoms with Crippen LogP contribution in [-0.4, -0.2) is 33.0 Å². The quantitative estimate of drug-likeness (QED) is 0.307. The summed E-state index contributed by atoms with van der Waals surface area (Å²) in [6.45, 7) is 4.93. The van der Waals surface area contributed by atoms with E-state index in [4.69, 9.17) is 9.15 Å². The van der Waals surface area contributed by atoms with E-state index < -0.39 is 34.8 Å². The zero-order valence-electron chi connectivity index (χ0n) is 18.0. The lowest BCUT2D eigenvalue weighted by atomic mass is 10.0. The second-order valence-electron chi connectivity index (χ2n) is 7.50. The highest BCUT2D eigenvalue weighted by molar-refractivity contribution is 5.97. The summed E-state index contributed by atoms with van der Waals surface area (Å²) in [4.78, 5) is 35.4. The second kappa shape index (κ2) is 9.98. The van der Waals surface area contributed by atoms with Gasteiger partial charge in [-0.2, -0.15) is 0 Å². The van der Waals surface area contributed by atoms with Gasteiger partial charge in [-0.3, -0.25) is 14.9 Å². The molecule has 1 N–H and O–H groups in total. The van der Waals surface area contributed by atoms with Gasteiger partial charge >= 0.3 is 5.97 Å². The number of nitrogens with zero attached hydrogens (tertiary/aromatic N) is 3. The number of rotatable bonds is 8. The van der Waals surface area contributed by atoms with Crippen molar-refractivity contribution in [2.75, 3.05) is 0 Å². The van der Waals surface area contributed by atoms with E-state index in [1.165, 1.54) is 49.4 Å². The van der Waals surface area contributed by atoms with Crippen molar-refractivity contribution < 1.29 is 28.1 Å². The predicted octanol–water partition coefficient (Wildman–Crippen LogP) is 3.84. The van der Waals surface area contributed by atoms with Gasteiger partial charge in [0.2, 0.25) is 5.89 Å². The van der Waals surface area contributed by atoms with E-state index in [1.54, 1.807) is 13.8 Å². The molecule has 10 nitrogen and oxygen atoms in total. The Morgan fingerprint density at radius 2 is 1.76 bits per heavy atom. The molecule has 0 fully saturated rings. The van der Waals surface area contributed by atoms with Gasteiger partial charge < -0.3 is 14.5 Å². The lowest BCUT2D eigenvalue weighted by Crippen LogP contribution is -2.45. The molecule has 0 aliphatic rings. The summed E-state index contributed by atoms with van der Waals surface area (Å²) in [5, 5.41) is 21.0. The zero-order valence-corrected chi connectivity index (χ0v) is 18.0. The average Bonchev–Trinajstić information content (AvgIpc) is 3.28. The number of amides is 1. The van der Waals surface area contributed by atoms with Crippen LogP contribution in [0.4, 0.5) is 10.1 Å². The summed E-state index contributed by atoms with van der Waals surface area (Å²) in [7, 11) is 0. The van der Waals surface area contributed by atoms with Crippen molar-refractivity contribution in [1.82, 2.24) is 15.5 Å². The number of hydrogen-bond donors (Lipinski definition) is 1. The van der Waals surface area contributed by atoms with Gasteiger partial charge in [0.05, 0.1) is 10.5 Å². The van der Waals surface area contributed by atoms with E-state index in [0.29, 0.717) is 5.56 Å². The molecule has 1 heterocycles. The molecule has 172 valence electrons. The number of nitrogens with one attached hydrogen (secondary N) is 1. The number of nitro benzene ring substituents is 1. The Balaban J connectivity index is 1.68. The van der Waals surface area contributed by atoms with Crippen LogP contribution >= 0.6 is 0 Å². The Hall–Kier alpha value is -4.15. The summed E-state index contributed by atoms with van der Waals surface area (Å²) in [5.74, 6) is -2.45. The third kappa shape index (κ3) is 5.56. The third-order valence-electron chi connectivity index (χ3n) is 4.73. The molecular formula is C22H21FN4O6. The predicted molar refractivity (Wildman–Crippen MR) is 113 cm³/mol. The summed E-state index contributed by atoms with van der Waals surface area (Å²) in [6, 6.07) is 9.90. The Morgan fingerprint density at radius 3 is 2.36 bits per heavy atom. The molecule has 0 saturated heterocycles. The Morgan fingerprint density at radius 1 is 1.09 bits per heavy atom. The van der Waals surface area contributed by atoms with Crippen molar-refractivity contribution in [1.29, 1.82) is 0 Å². The van der Waals surface area contributed by atoms with Crippen LogP contribution < -0.4 is 5.32 Å². The maximum absolute atomic E-state index is 13.9. The largest absolute Gasteiger partial charge is 0.451 e. The van der Waals surface area contributed by atoms with Crippen molar-refractivity contribution in [2.24, 2.45) is 5.92 Å². The number of nitro groups is 1. The minimum absolute atomic E-state index is 0.000334. The minimum atomic E-state index is -1.04. The van der Waals surface area contributed by atoms with Crippen LogP contribution in [-0.2, 0) is 9.53 Å². The van der Waals surface area contributed by atoms with Crippen molar-refractivity contribution in [2.45, 2.75) is 32.9 Å². The number of carbonyl (C=O) groups excluding carboxylic acids is 2. The summed E-state index contributed by atoms with van der Waals surface area (Å²) in [6.07, 6.45) is -0.941. The van der Waals surface area contributed by atoms with E-state index in [0.717, 1.165) is 6.07 Å². The molecule has 1 amide bonds. The molecule has 0 radical (unpaired) electrons. The first-order chi connectivity index (χ1) is 15.7. The topological polar surface area (TPSA) is 137 Å². The average molecular weight is 456 g/mol. The van der Waals surface area contributed by atoms with E-state index in [2.05, 4.69) is 15.5 Å². The second-order valence-corrected chi connectivity index (χ2v) is 7.50. The molecule has 1 unspecified atom stereocenters. The fourth-order valence-electron chi connectivity index (χ4n) is 2.90. The summed E-state index contributed by atoms with van der Waals surface area (Å²) in [5.41, 5.74) is 0.182. The number of non-ortho nitro benzene ring substituents is 1. The molecule has 1 aromatic heterocycles.